The number of unbranched alkanes of at least 4 members (excludes halogenated alkanes) is 1. The third-order valence-corrected chi connectivity index (χ3v) is 7.07. The predicted octanol–water partition coefficient (Wildman–Crippen LogP) is 6.37. The number of halogens is 1. The first-order valence-corrected chi connectivity index (χ1v) is 11.9. The fraction of sp³-hybridized carbons (Fsp3) is 0.769. The maximum Gasteiger partial charge on any atom is 0.162 e. The van der Waals surface area contributed by atoms with E-state index in [2.05, 4.69) is 56.6 Å². The van der Waals surface area contributed by atoms with Crippen molar-refractivity contribution in [3.8, 4) is 11.5 Å². The first-order chi connectivity index (χ1) is 14.2. The molecule has 2 aliphatic rings. The third kappa shape index (κ3) is 6.44. The van der Waals surface area contributed by atoms with Crippen LogP contribution in [-0.4, -0.2) is 51.8 Å². The molecule has 0 radical (unpaired) electrons. The topological polar surface area (TPSA) is 24.9 Å². The maximum atomic E-state index is 5.72. The summed E-state index contributed by atoms with van der Waals surface area (Å²) < 4.78 is 11.4. The van der Waals surface area contributed by atoms with Gasteiger partial charge in [0.15, 0.2) is 11.5 Å². The number of hydrogen-bond donors (Lipinski definition) is 0. The van der Waals surface area contributed by atoms with Crippen molar-refractivity contribution in [2.45, 2.75) is 72.6 Å². The van der Waals surface area contributed by atoms with Crippen molar-refractivity contribution in [1.82, 2.24) is 4.90 Å². The minimum atomic E-state index is 0. The largest absolute Gasteiger partial charge is 0.493 e. The third-order valence-electron chi connectivity index (χ3n) is 7.07. The molecule has 0 amide bonds. The Morgan fingerprint density at radius 2 is 1.45 bits per heavy atom. The molecule has 0 N–H and O–H groups in total. The van der Waals surface area contributed by atoms with Crippen LogP contribution in [0.15, 0.2) is 12.1 Å². The highest BCUT2D eigenvalue weighted by atomic mass is 35.5. The summed E-state index contributed by atoms with van der Waals surface area (Å²) in [6.45, 7) is 17.7. The average Bonchev–Trinajstić information content (AvgIpc) is 2.69. The first-order valence-electron chi connectivity index (χ1n) is 11.9. The van der Waals surface area contributed by atoms with Gasteiger partial charge in [0.25, 0.3) is 0 Å². The highest BCUT2D eigenvalue weighted by Crippen LogP contribution is 2.54. The van der Waals surface area contributed by atoms with Gasteiger partial charge in [-0.15, -0.1) is 12.4 Å². The van der Waals surface area contributed by atoms with Crippen molar-refractivity contribution in [3.05, 3.63) is 17.7 Å². The van der Waals surface area contributed by atoms with E-state index in [-0.39, 0.29) is 12.4 Å². The van der Waals surface area contributed by atoms with Gasteiger partial charge in [-0.2, -0.15) is 0 Å². The smallest absolute Gasteiger partial charge is 0.162 e. The van der Waals surface area contributed by atoms with Crippen LogP contribution in [0.3, 0.4) is 0 Å². The Balaban J connectivity index is 0.00000341. The summed E-state index contributed by atoms with van der Waals surface area (Å²) in [5.41, 5.74) is 3.53. The van der Waals surface area contributed by atoms with Crippen LogP contribution in [0.25, 0.3) is 0 Å². The molecule has 31 heavy (non-hydrogen) atoms. The lowest BCUT2D eigenvalue weighted by Crippen LogP contribution is -2.47. The normalized spacial score (nSPS) is 21.5. The monoisotopic (exact) mass is 452 g/mol. The van der Waals surface area contributed by atoms with Crippen LogP contribution in [0.5, 0.6) is 11.5 Å². The molecular formula is C26H45ClN2O2. The summed E-state index contributed by atoms with van der Waals surface area (Å²) >= 11 is 0. The number of anilines is 1. The molecule has 1 aliphatic carbocycles. The predicted molar refractivity (Wildman–Crippen MR) is 135 cm³/mol. The molecular weight excluding hydrogens is 408 g/mol. The molecule has 3 rings (SSSR count). The Morgan fingerprint density at radius 3 is 1.97 bits per heavy atom. The second kappa shape index (κ2) is 10.7. The molecule has 5 heteroatoms. The SMILES string of the molecule is CCCCN1CCN(c2cc(OC)c(OC)cc2C2CC(C)(C)CC(C)(C)C2)CC1.Cl. The van der Waals surface area contributed by atoms with Gasteiger partial charge >= 0.3 is 0 Å². The number of nitrogens with zero attached hydrogens (tertiary/aromatic N) is 2. The van der Waals surface area contributed by atoms with Crippen molar-refractivity contribution in [1.29, 1.82) is 0 Å². The molecule has 0 bridgehead atoms. The van der Waals surface area contributed by atoms with Gasteiger partial charge in [0.1, 0.15) is 0 Å². The molecule has 1 heterocycles. The van der Waals surface area contributed by atoms with Gasteiger partial charge < -0.3 is 14.4 Å². The van der Waals surface area contributed by atoms with Crippen LogP contribution >= 0.6 is 12.4 Å². The van der Waals surface area contributed by atoms with Gasteiger partial charge in [-0.3, -0.25) is 4.90 Å². The van der Waals surface area contributed by atoms with Crippen molar-refractivity contribution in [3.63, 3.8) is 0 Å². The Hall–Kier alpha value is -1.13. The number of benzene rings is 1. The number of piperazine rings is 1. The van der Waals surface area contributed by atoms with E-state index in [9.17, 15) is 0 Å². The highest BCUT2D eigenvalue weighted by molar-refractivity contribution is 5.85. The van der Waals surface area contributed by atoms with Gasteiger partial charge in [-0.1, -0.05) is 41.0 Å². The van der Waals surface area contributed by atoms with E-state index in [1.54, 1.807) is 14.2 Å². The molecule has 0 aromatic heterocycles. The second-order valence-electron chi connectivity index (χ2n) is 11.1. The summed E-state index contributed by atoms with van der Waals surface area (Å²) in [5.74, 6) is 2.26. The van der Waals surface area contributed by atoms with Crippen molar-refractivity contribution in [2.24, 2.45) is 10.8 Å². The van der Waals surface area contributed by atoms with Crippen LogP contribution in [0.2, 0.25) is 0 Å². The van der Waals surface area contributed by atoms with Crippen LogP contribution in [-0.2, 0) is 0 Å². The molecule has 1 aromatic carbocycles. The zero-order valence-electron chi connectivity index (χ0n) is 20.9. The lowest BCUT2D eigenvalue weighted by atomic mass is 9.60. The summed E-state index contributed by atoms with van der Waals surface area (Å²) in [7, 11) is 3.50. The van der Waals surface area contributed by atoms with Gasteiger partial charge in [0.05, 0.1) is 14.2 Å². The van der Waals surface area contributed by atoms with E-state index in [0.717, 1.165) is 37.7 Å². The zero-order chi connectivity index (χ0) is 21.9. The molecule has 1 aliphatic heterocycles. The fourth-order valence-corrected chi connectivity index (χ4v) is 6.14. The molecule has 2 fully saturated rings. The minimum Gasteiger partial charge on any atom is -0.493 e. The average molecular weight is 453 g/mol. The van der Waals surface area contributed by atoms with E-state index < -0.39 is 0 Å². The lowest BCUT2D eigenvalue weighted by Gasteiger charge is -2.46. The van der Waals surface area contributed by atoms with E-state index >= 15 is 0 Å². The van der Waals surface area contributed by atoms with E-state index in [1.807, 2.05) is 0 Å². The van der Waals surface area contributed by atoms with Crippen LogP contribution < -0.4 is 14.4 Å². The Morgan fingerprint density at radius 1 is 0.903 bits per heavy atom. The summed E-state index contributed by atoms with van der Waals surface area (Å²) in [6.07, 6.45) is 6.32. The van der Waals surface area contributed by atoms with Gasteiger partial charge in [0, 0.05) is 37.9 Å². The molecule has 0 spiro atoms. The van der Waals surface area contributed by atoms with Gasteiger partial charge in [-0.05, 0) is 60.6 Å². The Bertz CT molecular complexity index is 696. The molecule has 178 valence electrons. The number of hydrogen-bond acceptors (Lipinski definition) is 4. The summed E-state index contributed by atoms with van der Waals surface area (Å²) in [6, 6.07) is 4.52. The quantitative estimate of drug-likeness (QED) is 0.480. The molecule has 1 saturated heterocycles. The molecule has 0 atom stereocenters. The highest BCUT2D eigenvalue weighted by Gasteiger charge is 2.40. The second-order valence-corrected chi connectivity index (χ2v) is 11.1. The van der Waals surface area contributed by atoms with Crippen LogP contribution in [0, 0.1) is 10.8 Å². The van der Waals surface area contributed by atoms with Gasteiger partial charge in [0.2, 0.25) is 0 Å². The summed E-state index contributed by atoms with van der Waals surface area (Å²) in [4.78, 5) is 5.21. The minimum absolute atomic E-state index is 0. The van der Waals surface area contributed by atoms with E-state index in [0.29, 0.717) is 16.7 Å². The van der Waals surface area contributed by atoms with Gasteiger partial charge in [-0.25, -0.2) is 0 Å². The van der Waals surface area contributed by atoms with Crippen molar-refractivity contribution >= 4 is 18.1 Å². The van der Waals surface area contributed by atoms with Crippen LogP contribution in [0.1, 0.15) is 78.2 Å². The number of rotatable bonds is 7. The summed E-state index contributed by atoms with van der Waals surface area (Å²) in [5, 5.41) is 0. The molecule has 1 aromatic rings. The fourth-order valence-electron chi connectivity index (χ4n) is 6.14. The molecule has 0 unspecified atom stereocenters. The molecule has 1 saturated carbocycles. The standard InChI is InChI=1S/C26H44N2O2.ClH/c1-8-9-10-27-11-13-28(14-12-27)22-16-24(30-7)23(29-6)15-21(22)20-17-25(2,3)19-26(4,5)18-20;/h15-16,20H,8-14,17-19H2,1-7H3;1H. The Kier molecular flexibility index (Phi) is 8.98. The lowest BCUT2D eigenvalue weighted by molar-refractivity contribution is 0.0968. The zero-order valence-corrected chi connectivity index (χ0v) is 21.7. The number of methoxy groups -OCH3 is 2. The van der Waals surface area contributed by atoms with Crippen molar-refractivity contribution < 1.29 is 9.47 Å². The Labute approximate surface area is 197 Å². The van der Waals surface area contributed by atoms with E-state index in [4.69, 9.17) is 9.47 Å². The number of ether oxygens (including phenoxy) is 2. The first kappa shape index (κ1) is 26.1. The molecule has 4 nitrogen and oxygen atoms in total. The maximum absolute atomic E-state index is 5.72. The van der Waals surface area contributed by atoms with E-state index in [1.165, 1.54) is 49.9 Å². The van der Waals surface area contributed by atoms with Crippen molar-refractivity contribution in [2.75, 3.05) is 51.8 Å². The van der Waals surface area contributed by atoms with Crippen LogP contribution in [0.4, 0.5) is 5.69 Å².